The van der Waals surface area contributed by atoms with Gasteiger partial charge in [-0.3, -0.25) is 4.79 Å². The van der Waals surface area contributed by atoms with Crippen LogP contribution in [0.1, 0.15) is 60.9 Å². The van der Waals surface area contributed by atoms with Crippen molar-refractivity contribution in [1.29, 1.82) is 0 Å². The standard InChI is InChI=1S/C23H30N4O4/c1-5-7-8-30-13-15(4)26-21-11-16-17(22(28)27-20(16)12-24-21)10-19-18(9-14(3)25-19)23(29)31-6-2/h9-12,15,25H,5-8,13H2,1-4H3,(H,24,26)(H,27,28)/b17-10-/t15-/m0/s1. The summed E-state index contributed by atoms with van der Waals surface area (Å²) in [6.45, 7) is 9.35. The zero-order chi connectivity index (χ0) is 22.4. The molecular formula is C23H30N4O4. The maximum atomic E-state index is 12.6. The molecule has 1 aliphatic heterocycles. The van der Waals surface area contributed by atoms with E-state index in [4.69, 9.17) is 9.47 Å². The number of H-pyrrole nitrogens is 1. The summed E-state index contributed by atoms with van der Waals surface area (Å²) in [6, 6.07) is 3.63. The molecule has 0 spiro atoms. The van der Waals surface area contributed by atoms with Gasteiger partial charge in [0, 0.05) is 23.9 Å². The molecular weight excluding hydrogens is 396 g/mol. The average molecular weight is 427 g/mol. The maximum Gasteiger partial charge on any atom is 0.340 e. The van der Waals surface area contributed by atoms with E-state index in [9.17, 15) is 9.59 Å². The Bertz CT molecular complexity index is 980. The van der Waals surface area contributed by atoms with E-state index in [1.807, 2.05) is 19.9 Å². The summed E-state index contributed by atoms with van der Waals surface area (Å²) in [7, 11) is 0. The zero-order valence-electron chi connectivity index (χ0n) is 18.5. The molecule has 0 aliphatic carbocycles. The lowest BCUT2D eigenvalue weighted by atomic mass is 10.1. The number of aromatic nitrogens is 2. The van der Waals surface area contributed by atoms with Crippen LogP contribution in [0.3, 0.4) is 0 Å². The predicted molar refractivity (Wildman–Crippen MR) is 121 cm³/mol. The van der Waals surface area contributed by atoms with Crippen LogP contribution in [-0.2, 0) is 14.3 Å². The van der Waals surface area contributed by atoms with Gasteiger partial charge in [0.2, 0.25) is 0 Å². The molecule has 8 nitrogen and oxygen atoms in total. The molecule has 3 N–H and O–H groups in total. The predicted octanol–water partition coefficient (Wildman–Crippen LogP) is 4.00. The van der Waals surface area contributed by atoms with E-state index in [2.05, 4.69) is 27.5 Å². The van der Waals surface area contributed by atoms with Gasteiger partial charge < -0.3 is 25.1 Å². The number of amides is 1. The van der Waals surface area contributed by atoms with Crippen LogP contribution in [0.5, 0.6) is 0 Å². The van der Waals surface area contributed by atoms with Crippen molar-refractivity contribution in [3.63, 3.8) is 0 Å². The van der Waals surface area contributed by atoms with Crippen LogP contribution in [0.2, 0.25) is 0 Å². The molecule has 0 saturated carbocycles. The Balaban J connectivity index is 1.82. The van der Waals surface area contributed by atoms with E-state index in [1.165, 1.54) is 0 Å². The number of carbonyl (C=O) groups excluding carboxylic acids is 2. The molecule has 1 atom stereocenters. The minimum absolute atomic E-state index is 0.0707. The SMILES string of the molecule is CCCCOC[C@H](C)Nc1cc2c(cn1)NC(=O)/C2=C\c1[nH]c(C)cc1C(=O)OCC. The third-order valence-corrected chi connectivity index (χ3v) is 4.86. The maximum absolute atomic E-state index is 12.6. The second-order valence-electron chi connectivity index (χ2n) is 7.60. The zero-order valence-corrected chi connectivity index (χ0v) is 18.5. The number of unbranched alkanes of at least 4 members (excludes halogenated alkanes) is 1. The number of aromatic amines is 1. The average Bonchev–Trinajstić information content (AvgIpc) is 3.25. The van der Waals surface area contributed by atoms with Gasteiger partial charge >= 0.3 is 5.97 Å². The molecule has 0 fully saturated rings. The molecule has 3 heterocycles. The van der Waals surface area contributed by atoms with Crippen LogP contribution in [0.25, 0.3) is 11.6 Å². The number of pyridine rings is 1. The van der Waals surface area contributed by atoms with E-state index in [0.29, 0.717) is 34.9 Å². The molecule has 0 saturated heterocycles. The first-order valence-corrected chi connectivity index (χ1v) is 10.7. The summed E-state index contributed by atoms with van der Waals surface area (Å²) in [5, 5.41) is 6.14. The van der Waals surface area contributed by atoms with Crippen LogP contribution >= 0.6 is 0 Å². The van der Waals surface area contributed by atoms with E-state index in [0.717, 1.165) is 30.7 Å². The molecule has 1 aliphatic rings. The Morgan fingerprint density at radius 2 is 2.13 bits per heavy atom. The number of aryl methyl sites for hydroxylation is 1. The second-order valence-corrected chi connectivity index (χ2v) is 7.60. The minimum atomic E-state index is -0.425. The van der Waals surface area contributed by atoms with Gasteiger partial charge in [0.05, 0.1) is 41.9 Å². The number of hydrogen-bond acceptors (Lipinski definition) is 6. The van der Waals surface area contributed by atoms with Gasteiger partial charge in [0.15, 0.2) is 0 Å². The number of carbonyl (C=O) groups is 2. The number of nitrogens with zero attached hydrogens (tertiary/aromatic N) is 1. The molecule has 0 radical (unpaired) electrons. The summed E-state index contributed by atoms with van der Waals surface area (Å²) in [5.41, 5.74) is 3.57. The molecule has 3 rings (SSSR count). The summed E-state index contributed by atoms with van der Waals surface area (Å²) < 4.78 is 10.8. The van der Waals surface area contributed by atoms with Gasteiger partial charge in [0.1, 0.15) is 5.82 Å². The number of fused-ring (bicyclic) bond motifs is 1. The molecule has 0 aromatic carbocycles. The molecule has 1 amide bonds. The monoisotopic (exact) mass is 426 g/mol. The molecule has 8 heteroatoms. The minimum Gasteiger partial charge on any atom is -0.462 e. The van der Waals surface area contributed by atoms with Gasteiger partial charge in [-0.2, -0.15) is 0 Å². The van der Waals surface area contributed by atoms with Gasteiger partial charge in [-0.1, -0.05) is 13.3 Å². The fourth-order valence-corrected chi connectivity index (χ4v) is 3.36. The fourth-order valence-electron chi connectivity index (χ4n) is 3.36. The van der Waals surface area contributed by atoms with Gasteiger partial charge in [-0.15, -0.1) is 0 Å². The summed E-state index contributed by atoms with van der Waals surface area (Å²) in [5.74, 6) is -0.0145. The Morgan fingerprint density at radius 3 is 2.87 bits per heavy atom. The summed E-state index contributed by atoms with van der Waals surface area (Å²) >= 11 is 0. The van der Waals surface area contributed by atoms with Crippen molar-refractivity contribution in [3.05, 3.63) is 40.8 Å². The van der Waals surface area contributed by atoms with Gasteiger partial charge in [-0.05, 0) is 45.4 Å². The molecule has 0 bridgehead atoms. The van der Waals surface area contributed by atoms with Crippen molar-refractivity contribution in [2.75, 3.05) is 30.5 Å². The third kappa shape index (κ3) is 5.52. The van der Waals surface area contributed by atoms with Crippen LogP contribution in [0.4, 0.5) is 11.5 Å². The highest BCUT2D eigenvalue weighted by molar-refractivity contribution is 6.35. The van der Waals surface area contributed by atoms with Crippen LogP contribution < -0.4 is 10.6 Å². The van der Waals surface area contributed by atoms with Crippen LogP contribution in [0.15, 0.2) is 18.3 Å². The first-order chi connectivity index (χ1) is 14.9. The lowest BCUT2D eigenvalue weighted by Crippen LogP contribution is -2.22. The summed E-state index contributed by atoms with van der Waals surface area (Å²) in [6.07, 6.45) is 5.45. The van der Waals surface area contributed by atoms with Crippen LogP contribution in [-0.4, -0.2) is 47.7 Å². The molecule has 2 aromatic rings. The number of anilines is 2. The van der Waals surface area contributed by atoms with Crippen molar-refractivity contribution in [3.8, 4) is 0 Å². The fraction of sp³-hybridized carbons (Fsp3) is 0.435. The van der Waals surface area contributed by atoms with Gasteiger partial charge in [-0.25, -0.2) is 9.78 Å². The quantitative estimate of drug-likeness (QED) is 0.301. The van der Waals surface area contributed by atoms with Crippen molar-refractivity contribution in [1.82, 2.24) is 9.97 Å². The smallest absolute Gasteiger partial charge is 0.340 e. The highest BCUT2D eigenvalue weighted by atomic mass is 16.5. The topological polar surface area (TPSA) is 105 Å². The lowest BCUT2D eigenvalue weighted by Gasteiger charge is -2.15. The van der Waals surface area contributed by atoms with Crippen molar-refractivity contribution in [2.45, 2.75) is 46.6 Å². The Hall–Kier alpha value is -3.13. The highest BCUT2D eigenvalue weighted by Gasteiger charge is 2.26. The van der Waals surface area contributed by atoms with E-state index in [-0.39, 0.29) is 18.6 Å². The first-order valence-electron chi connectivity index (χ1n) is 10.7. The molecule has 166 valence electrons. The second kappa shape index (κ2) is 10.3. The van der Waals surface area contributed by atoms with Crippen molar-refractivity contribution in [2.24, 2.45) is 0 Å². The van der Waals surface area contributed by atoms with Crippen LogP contribution in [0, 0.1) is 6.92 Å². The number of rotatable bonds is 10. The first kappa shape index (κ1) is 22.6. The third-order valence-electron chi connectivity index (χ3n) is 4.86. The Morgan fingerprint density at radius 1 is 1.32 bits per heavy atom. The lowest BCUT2D eigenvalue weighted by molar-refractivity contribution is -0.110. The number of ether oxygens (including phenoxy) is 2. The molecule has 31 heavy (non-hydrogen) atoms. The number of nitrogens with one attached hydrogen (secondary N) is 3. The van der Waals surface area contributed by atoms with E-state index >= 15 is 0 Å². The summed E-state index contributed by atoms with van der Waals surface area (Å²) in [4.78, 5) is 32.4. The Labute approximate surface area is 182 Å². The van der Waals surface area contributed by atoms with E-state index < -0.39 is 5.97 Å². The van der Waals surface area contributed by atoms with Crippen molar-refractivity contribution < 1.29 is 19.1 Å². The largest absolute Gasteiger partial charge is 0.462 e. The van der Waals surface area contributed by atoms with Crippen molar-refractivity contribution >= 4 is 35.0 Å². The van der Waals surface area contributed by atoms with E-state index in [1.54, 1.807) is 25.3 Å². The number of hydrogen-bond donors (Lipinski definition) is 3. The highest BCUT2D eigenvalue weighted by Crippen LogP contribution is 2.34. The number of esters is 1. The Kier molecular flexibility index (Phi) is 7.46. The van der Waals surface area contributed by atoms with Gasteiger partial charge in [0.25, 0.3) is 5.91 Å². The molecule has 0 unspecified atom stereocenters. The normalized spacial score (nSPS) is 15.0. The molecule has 2 aromatic heterocycles.